The number of unbranched alkanes of at least 4 members (excludes halogenated alkanes) is 1. The van der Waals surface area contributed by atoms with Crippen molar-refractivity contribution in [3.63, 3.8) is 0 Å². The molecule has 1 aliphatic heterocycles. The minimum absolute atomic E-state index is 0.353. The number of amides is 4. The number of barbiturate groups is 1. The summed E-state index contributed by atoms with van der Waals surface area (Å²) < 4.78 is 0. The molecule has 116 valence electrons. The van der Waals surface area contributed by atoms with Gasteiger partial charge in [0.25, 0.3) is 5.91 Å². The number of urea groups is 1. The average Bonchev–Trinajstić information content (AvgIpc) is 2.48. The first kappa shape index (κ1) is 16.2. The zero-order valence-corrected chi connectivity index (χ0v) is 12.8. The van der Waals surface area contributed by atoms with Gasteiger partial charge < -0.3 is 0 Å². The molecule has 4 amide bonds. The maximum atomic E-state index is 12.4. The molecule has 1 aliphatic rings. The predicted octanol–water partition coefficient (Wildman–Crippen LogP) is 2.41. The topological polar surface area (TPSA) is 78.8 Å². The second-order valence-corrected chi connectivity index (χ2v) is 5.27. The fourth-order valence-electron chi connectivity index (χ4n) is 1.99. The Morgan fingerprint density at radius 3 is 2.59 bits per heavy atom. The third kappa shape index (κ3) is 3.51. The molecule has 0 aliphatic carbocycles. The molecule has 6 nitrogen and oxygen atoms in total. The SMILES string of the molecule is CCCCN=CC1C(=O)NC(=O)N(c2ccc(Cl)cc2)C1=O. The van der Waals surface area contributed by atoms with E-state index in [1.54, 1.807) is 24.3 Å². The molecule has 0 spiro atoms. The number of rotatable bonds is 5. The number of hydrogen-bond donors (Lipinski definition) is 1. The van der Waals surface area contributed by atoms with E-state index in [2.05, 4.69) is 10.3 Å². The quantitative estimate of drug-likeness (QED) is 0.514. The van der Waals surface area contributed by atoms with Crippen molar-refractivity contribution < 1.29 is 14.4 Å². The first-order valence-electron chi connectivity index (χ1n) is 6.99. The van der Waals surface area contributed by atoms with Crippen molar-refractivity contribution in [2.75, 3.05) is 11.4 Å². The molecule has 22 heavy (non-hydrogen) atoms. The third-order valence-corrected chi connectivity index (χ3v) is 3.43. The van der Waals surface area contributed by atoms with Gasteiger partial charge in [-0.05, 0) is 30.7 Å². The molecule has 1 atom stereocenters. The summed E-state index contributed by atoms with van der Waals surface area (Å²) >= 11 is 5.79. The van der Waals surface area contributed by atoms with E-state index in [0.717, 1.165) is 17.7 Å². The summed E-state index contributed by atoms with van der Waals surface area (Å²) in [5.41, 5.74) is 0.353. The van der Waals surface area contributed by atoms with Crippen LogP contribution in [0.25, 0.3) is 0 Å². The smallest absolute Gasteiger partial charge is 0.296 e. The van der Waals surface area contributed by atoms with Crippen LogP contribution < -0.4 is 10.2 Å². The van der Waals surface area contributed by atoms with Crippen molar-refractivity contribution in [2.24, 2.45) is 10.9 Å². The molecule has 0 saturated carbocycles. The predicted molar refractivity (Wildman–Crippen MR) is 84.2 cm³/mol. The maximum absolute atomic E-state index is 12.4. The number of aliphatic imine (C=N–C) groups is 1. The Morgan fingerprint density at radius 2 is 1.95 bits per heavy atom. The molecule has 1 unspecified atom stereocenters. The Balaban J connectivity index is 2.21. The minimum Gasteiger partial charge on any atom is -0.296 e. The number of anilines is 1. The number of imide groups is 2. The molecule has 1 aromatic carbocycles. The lowest BCUT2D eigenvalue weighted by molar-refractivity contribution is -0.131. The van der Waals surface area contributed by atoms with E-state index < -0.39 is 23.8 Å². The Labute approximate surface area is 133 Å². The van der Waals surface area contributed by atoms with Crippen molar-refractivity contribution in [1.82, 2.24) is 5.32 Å². The van der Waals surface area contributed by atoms with Crippen molar-refractivity contribution in [1.29, 1.82) is 0 Å². The zero-order valence-electron chi connectivity index (χ0n) is 12.1. The summed E-state index contributed by atoms with van der Waals surface area (Å²) in [6, 6.07) is 5.45. The van der Waals surface area contributed by atoms with Crippen LogP contribution in [0.4, 0.5) is 10.5 Å². The van der Waals surface area contributed by atoms with Gasteiger partial charge in [0.2, 0.25) is 5.91 Å². The minimum atomic E-state index is -1.09. The maximum Gasteiger partial charge on any atom is 0.335 e. The van der Waals surface area contributed by atoms with Gasteiger partial charge in [0, 0.05) is 17.8 Å². The van der Waals surface area contributed by atoms with E-state index in [4.69, 9.17) is 11.6 Å². The summed E-state index contributed by atoms with van der Waals surface area (Å²) in [6.45, 7) is 2.57. The molecule has 0 bridgehead atoms. The number of halogens is 1. The van der Waals surface area contributed by atoms with Gasteiger partial charge in [0.15, 0.2) is 5.92 Å². The van der Waals surface area contributed by atoms with E-state index in [9.17, 15) is 14.4 Å². The van der Waals surface area contributed by atoms with E-state index in [0.29, 0.717) is 17.3 Å². The van der Waals surface area contributed by atoms with Crippen LogP contribution in [0.1, 0.15) is 19.8 Å². The molecule has 2 rings (SSSR count). The van der Waals surface area contributed by atoms with Crippen LogP contribution in [0.15, 0.2) is 29.3 Å². The summed E-state index contributed by atoms with van der Waals surface area (Å²) in [4.78, 5) is 41.2. The highest BCUT2D eigenvalue weighted by molar-refractivity contribution is 6.33. The number of carbonyl (C=O) groups excluding carboxylic acids is 3. The highest BCUT2D eigenvalue weighted by atomic mass is 35.5. The Bertz CT molecular complexity index is 613. The molecule has 1 fully saturated rings. The second kappa shape index (κ2) is 7.17. The first-order chi connectivity index (χ1) is 10.5. The van der Waals surface area contributed by atoms with Gasteiger partial charge in [-0.2, -0.15) is 0 Å². The van der Waals surface area contributed by atoms with E-state index in [1.165, 1.54) is 6.21 Å². The van der Waals surface area contributed by atoms with Crippen LogP contribution in [0.3, 0.4) is 0 Å². The lowest BCUT2D eigenvalue weighted by Crippen LogP contribution is -2.58. The summed E-state index contributed by atoms with van der Waals surface area (Å²) in [5, 5.41) is 2.66. The number of nitrogens with zero attached hydrogens (tertiary/aromatic N) is 2. The van der Waals surface area contributed by atoms with Crippen LogP contribution in [0.2, 0.25) is 5.02 Å². The lowest BCUT2D eigenvalue weighted by Gasteiger charge is -2.28. The third-order valence-electron chi connectivity index (χ3n) is 3.18. The molecule has 0 radical (unpaired) electrons. The standard InChI is InChI=1S/C15H16ClN3O3/c1-2-3-8-17-9-12-13(20)18-15(22)19(14(12)21)11-6-4-10(16)5-7-11/h4-7,9,12H,2-3,8H2,1H3,(H,18,20,22). The van der Waals surface area contributed by atoms with Crippen molar-refractivity contribution >= 4 is 41.3 Å². The van der Waals surface area contributed by atoms with E-state index >= 15 is 0 Å². The molecule has 1 aromatic rings. The molecule has 1 heterocycles. The number of nitrogens with one attached hydrogen (secondary N) is 1. The largest absolute Gasteiger partial charge is 0.335 e. The van der Waals surface area contributed by atoms with Gasteiger partial charge in [0.1, 0.15) is 0 Å². The zero-order chi connectivity index (χ0) is 16.1. The number of carbonyl (C=O) groups is 3. The Hall–Kier alpha value is -2.21. The summed E-state index contributed by atoms with van der Waals surface area (Å²) in [6.07, 6.45) is 3.15. The second-order valence-electron chi connectivity index (χ2n) is 4.83. The Kier molecular flexibility index (Phi) is 5.27. The van der Waals surface area contributed by atoms with Crippen LogP contribution in [0.5, 0.6) is 0 Å². The molecule has 7 heteroatoms. The van der Waals surface area contributed by atoms with Crippen LogP contribution >= 0.6 is 11.6 Å². The fourth-order valence-corrected chi connectivity index (χ4v) is 2.11. The van der Waals surface area contributed by atoms with Gasteiger partial charge in [-0.15, -0.1) is 0 Å². The molecule has 1 saturated heterocycles. The van der Waals surface area contributed by atoms with Gasteiger partial charge in [0.05, 0.1) is 5.69 Å². The monoisotopic (exact) mass is 321 g/mol. The molecular formula is C15H16ClN3O3. The van der Waals surface area contributed by atoms with Gasteiger partial charge >= 0.3 is 6.03 Å². The van der Waals surface area contributed by atoms with Crippen LogP contribution in [-0.2, 0) is 9.59 Å². The number of hydrogen-bond acceptors (Lipinski definition) is 4. The van der Waals surface area contributed by atoms with Crippen molar-refractivity contribution in [2.45, 2.75) is 19.8 Å². The van der Waals surface area contributed by atoms with E-state index in [-0.39, 0.29) is 0 Å². The summed E-state index contributed by atoms with van der Waals surface area (Å²) in [7, 11) is 0. The van der Waals surface area contributed by atoms with E-state index in [1.807, 2.05) is 6.92 Å². The number of benzene rings is 1. The summed E-state index contributed by atoms with van der Waals surface area (Å²) in [5.74, 6) is -2.36. The Morgan fingerprint density at radius 1 is 1.27 bits per heavy atom. The average molecular weight is 322 g/mol. The molecule has 1 N–H and O–H groups in total. The lowest BCUT2D eigenvalue weighted by atomic mass is 10.1. The van der Waals surface area contributed by atoms with Gasteiger partial charge in [-0.1, -0.05) is 24.9 Å². The fraction of sp³-hybridized carbons (Fsp3) is 0.333. The molecular weight excluding hydrogens is 306 g/mol. The van der Waals surface area contributed by atoms with Crippen molar-refractivity contribution in [3.05, 3.63) is 29.3 Å². The highest BCUT2D eigenvalue weighted by Crippen LogP contribution is 2.22. The normalized spacial score (nSPS) is 18.9. The molecule has 0 aromatic heterocycles. The highest BCUT2D eigenvalue weighted by Gasteiger charge is 2.40. The van der Waals surface area contributed by atoms with Crippen molar-refractivity contribution in [3.8, 4) is 0 Å². The van der Waals surface area contributed by atoms with Crippen LogP contribution in [-0.4, -0.2) is 30.6 Å². The van der Waals surface area contributed by atoms with Gasteiger partial charge in [-0.3, -0.25) is 19.9 Å². The van der Waals surface area contributed by atoms with Crippen LogP contribution in [0, 0.1) is 5.92 Å². The first-order valence-corrected chi connectivity index (χ1v) is 7.36. The van der Waals surface area contributed by atoms with Gasteiger partial charge in [-0.25, -0.2) is 9.69 Å².